The number of benzene rings is 1. The SMILES string of the molecule is CC(OCC(O)CNCC(=O)N(C)C)c1ccccc1. The number of aliphatic hydroxyl groups excluding tert-OH is 1. The first-order chi connectivity index (χ1) is 9.50. The number of carbonyl (C=O) groups excluding carboxylic acids is 1. The summed E-state index contributed by atoms with van der Waals surface area (Å²) in [5.41, 5.74) is 1.08. The maximum atomic E-state index is 11.3. The van der Waals surface area contributed by atoms with Crippen molar-refractivity contribution in [1.29, 1.82) is 0 Å². The van der Waals surface area contributed by atoms with E-state index in [0.29, 0.717) is 6.54 Å². The average Bonchev–Trinajstić information content (AvgIpc) is 2.45. The van der Waals surface area contributed by atoms with Crippen molar-refractivity contribution in [3.63, 3.8) is 0 Å². The molecule has 20 heavy (non-hydrogen) atoms. The molecule has 2 N–H and O–H groups in total. The number of nitrogens with zero attached hydrogens (tertiary/aromatic N) is 1. The second-order valence-electron chi connectivity index (χ2n) is 4.96. The van der Waals surface area contributed by atoms with Gasteiger partial charge in [-0.2, -0.15) is 0 Å². The van der Waals surface area contributed by atoms with Gasteiger partial charge in [0.05, 0.1) is 25.4 Å². The van der Waals surface area contributed by atoms with Crippen LogP contribution in [0.2, 0.25) is 0 Å². The molecule has 0 bridgehead atoms. The Morgan fingerprint density at radius 2 is 2.00 bits per heavy atom. The van der Waals surface area contributed by atoms with E-state index >= 15 is 0 Å². The fraction of sp³-hybridized carbons (Fsp3) is 0.533. The molecule has 2 atom stereocenters. The molecule has 0 aromatic heterocycles. The van der Waals surface area contributed by atoms with Gasteiger partial charge in [-0.05, 0) is 12.5 Å². The highest BCUT2D eigenvalue weighted by Crippen LogP contribution is 2.15. The zero-order chi connectivity index (χ0) is 15.0. The van der Waals surface area contributed by atoms with Crippen LogP contribution in [0.15, 0.2) is 30.3 Å². The minimum absolute atomic E-state index is 0.0178. The molecule has 0 fully saturated rings. The van der Waals surface area contributed by atoms with Crippen molar-refractivity contribution in [1.82, 2.24) is 10.2 Å². The molecule has 5 nitrogen and oxygen atoms in total. The number of aliphatic hydroxyl groups is 1. The first-order valence-corrected chi connectivity index (χ1v) is 6.76. The van der Waals surface area contributed by atoms with E-state index in [-0.39, 0.29) is 25.2 Å². The molecule has 0 aliphatic carbocycles. The number of likely N-dealkylation sites (N-methyl/N-ethyl adjacent to an activating group) is 1. The largest absolute Gasteiger partial charge is 0.389 e. The van der Waals surface area contributed by atoms with Crippen LogP contribution in [0.5, 0.6) is 0 Å². The van der Waals surface area contributed by atoms with Crippen molar-refractivity contribution in [2.24, 2.45) is 0 Å². The van der Waals surface area contributed by atoms with Crippen molar-refractivity contribution >= 4 is 5.91 Å². The maximum absolute atomic E-state index is 11.3. The van der Waals surface area contributed by atoms with Gasteiger partial charge in [0, 0.05) is 20.6 Å². The Hall–Kier alpha value is -1.43. The lowest BCUT2D eigenvalue weighted by atomic mass is 10.1. The number of carbonyl (C=O) groups is 1. The number of rotatable bonds is 8. The Kier molecular flexibility index (Phi) is 7.22. The fourth-order valence-corrected chi connectivity index (χ4v) is 1.64. The topological polar surface area (TPSA) is 61.8 Å². The van der Waals surface area contributed by atoms with Gasteiger partial charge in [-0.25, -0.2) is 0 Å². The lowest BCUT2D eigenvalue weighted by Crippen LogP contribution is -2.38. The first kappa shape index (κ1) is 16.6. The third kappa shape index (κ3) is 6.14. The molecule has 0 heterocycles. The van der Waals surface area contributed by atoms with Gasteiger partial charge in [0.2, 0.25) is 5.91 Å². The third-order valence-corrected chi connectivity index (χ3v) is 2.96. The van der Waals surface area contributed by atoms with Crippen LogP contribution in [0.3, 0.4) is 0 Å². The summed E-state index contributed by atoms with van der Waals surface area (Å²) >= 11 is 0. The van der Waals surface area contributed by atoms with E-state index in [1.54, 1.807) is 14.1 Å². The molecule has 1 amide bonds. The van der Waals surface area contributed by atoms with Crippen LogP contribution >= 0.6 is 0 Å². The molecular formula is C15H24N2O3. The van der Waals surface area contributed by atoms with Gasteiger partial charge in [-0.1, -0.05) is 30.3 Å². The van der Waals surface area contributed by atoms with E-state index in [2.05, 4.69) is 5.32 Å². The van der Waals surface area contributed by atoms with Crippen molar-refractivity contribution in [3.8, 4) is 0 Å². The van der Waals surface area contributed by atoms with Gasteiger partial charge in [-0.3, -0.25) is 4.79 Å². The molecule has 1 rings (SSSR count). The molecule has 0 saturated carbocycles. The van der Waals surface area contributed by atoms with Gasteiger partial charge in [-0.15, -0.1) is 0 Å². The predicted molar refractivity (Wildman–Crippen MR) is 78.4 cm³/mol. The Labute approximate surface area is 120 Å². The van der Waals surface area contributed by atoms with Crippen molar-refractivity contribution in [3.05, 3.63) is 35.9 Å². The van der Waals surface area contributed by atoms with Crippen LogP contribution in [0, 0.1) is 0 Å². The summed E-state index contributed by atoms with van der Waals surface area (Å²) in [4.78, 5) is 12.8. The molecule has 0 radical (unpaired) electrons. The highest BCUT2D eigenvalue weighted by molar-refractivity contribution is 5.77. The summed E-state index contributed by atoms with van der Waals surface area (Å²) in [6.45, 7) is 2.74. The lowest BCUT2D eigenvalue weighted by molar-refractivity contribution is -0.127. The first-order valence-electron chi connectivity index (χ1n) is 6.76. The van der Waals surface area contributed by atoms with E-state index in [9.17, 15) is 9.90 Å². The molecule has 0 aliphatic rings. The molecule has 1 aromatic rings. The van der Waals surface area contributed by atoms with Crippen LogP contribution in [0.1, 0.15) is 18.6 Å². The summed E-state index contributed by atoms with van der Waals surface area (Å²) in [7, 11) is 3.40. The minimum Gasteiger partial charge on any atom is -0.389 e. The summed E-state index contributed by atoms with van der Waals surface area (Å²) in [6, 6.07) is 9.85. The van der Waals surface area contributed by atoms with E-state index < -0.39 is 6.10 Å². The zero-order valence-electron chi connectivity index (χ0n) is 12.4. The second kappa shape index (κ2) is 8.68. The van der Waals surface area contributed by atoms with E-state index in [1.165, 1.54) is 4.90 Å². The number of hydrogen-bond acceptors (Lipinski definition) is 4. The molecule has 0 spiro atoms. The molecule has 2 unspecified atom stereocenters. The molecule has 1 aromatic carbocycles. The number of ether oxygens (including phenoxy) is 1. The van der Waals surface area contributed by atoms with Crippen LogP contribution < -0.4 is 5.32 Å². The van der Waals surface area contributed by atoms with Crippen LogP contribution in [-0.4, -0.2) is 55.8 Å². The van der Waals surface area contributed by atoms with Gasteiger partial charge in [0.15, 0.2) is 0 Å². The summed E-state index contributed by atoms with van der Waals surface area (Å²) in [5, 5.41) is 12.7. The minimum atomic E-state index is -0.629. The van der Waals surface area contributed by atoms with E-state index in [4.69, 9.17) is 4.74 Å². The maximum Gasteiger partial charge on any atom is 0.236 e. The molecule has 0 aliphatic heterocycles. The number of hydrogen-bond donors (Lipinski definition) is 2. The van der Waals surface area contributed by atoms with Crippen molar-refractivity contribution < 1.29 is 14.6 Å². The van der Waals surface area contributed by atoms with Crippen molar-refractivity contribution in [2.45, 2.75) is 19.1 Å². The Bertz CT molecular complexity index is 395. The van der Waals surface area contributed by atoms with Crippen LogP contribution in [0.25, 0.3) is 0 Å². The van der Waals surface area contributed by atoms with Gasteiger partial charge >= 0.3 is 0 Å². The van der Waals surface area contributed by atoms with Crippen LogP contribution in [0.4, 0.5) is 0 Å². The monoisotopic (exact) mass is 280 g/mol. The molecular weight excluding hydrogens is 256 g/mol. The predicted octanol–water partition coefficient (Wildman–Crippen LogP) is 0.803. The summed E-state index contributed by atoms with van der Waals surface area (Å²) in [6.07, 6.45) is -0.689. The molecule has 112 valence electrons. The van der Waals surface area contributed by atoms with E-state index in [0.717, 1.165) is 5.56 Å². The summed E-state index contributed by atoms with van der Waals surface area (Å²) in [5.74, 6) is -0.0178. The summed E-state index contributed by atoms with van der Waals surface area (Å²) < 4.78 is 5.61. The number of nitrogens with one attached hydrogen (secondary N) is 1. The van der Waals surface area contributed by atoms with Crippen molar-refractivity contribution in [2.75, 3.05) is 33.8 Å². The van der Waals surface area contributed by atoms with E-state index in [1.807, 2.05) is 37.3 Å². The zero-order valence-corrected chi connectivity index (χ0v) is 12.4. The average molecular weight is 280 g/mol. The van der Waals surface area contributed by atoms with Crippen LogP contribution in [-0.2, 0) is 9.53 Å². The second-order valence-corrected chi connectivity index (χ2v) is 4.96. The fourth-order valence-electron chi connectivity index (χ4n) is 1.64. The molecule has 0 saturated heterocycles. The highest BCUT2D eigenvalue weighted by atomic mass is 16.5. The van der Waals surface area contributed by atoms with Gasteiger partial charge < -0.3 is 20.1 Å². The Morgan fingerprint density at radius 1 is 1.35 bits per heavy atom. The number of amides is 1. The quantitative estimate of drug-likeness (QED) is 0.739. The standard InChI is InChI=1S/C15H24N2O3/c1-12(13-7-5-4-6-8-13)20-11-14(18)9-16-10-15(19)17(2)3/h4-8,12,14,16,18H,9-11H2,1-3H3. The molecule has 5 heteroatoms. The normalized spacial score (nSPS) is 13.8. The Balaban J connectivity index is 2.20. The highest BCUT2D eigenvalue weighted by Gasteiger charge is 2.10. The smallest absolute Gasteiger partial charge is 0.236 e. The Morgan fingerprint density at radius 3 is 2.60 bits per heavy atom. The van der Waals surface area contributed by atoms with Gasteiger partial charge in [0.1, 0.15) is 0 Å². The lowest BCUT2D eigenvalue weighted by Gasteiger charge is -2.17. The third-order valence-electron chi connectivity index (χ3n) is 2.96. The van der Waals surface area contributed by atoms with Gasteiger partial charge in [0.25, 0.3) is 0 Å².